The van der Waals surface area contributed by atoms with Gasteiger partial charge < -0.3 is 5.32 Å². The molecule has 1 aromatic carbocycles. The van der Waals surface area contributed by atoms with Crippen molar-refractivity contribution >= 4 is 22.6 Å². The van der Waals surface area contributed by atoms with Crippen molar-refractivity contribution in [1.82, 2.24) is 14.3 Å². The lowest BCUT2D eigenvalue weighted by molar-refractivity contribution is -0.136. The van der Waals surface area contributed by atoms with Gasteiger partial charge in [-0.25, -0.2) is 0 Å². The Morgan fingerprint density at radius 2 is 1.83 bits per heavy atom. The largest absolute Gasteiger partial charge is 0.417 e. The summed E-state index contributed by atoms with van der Waals surface area (Å²) in [5.74, 6) is -0.513. The van der Waals surface area contributed by atoms with Crippen LogP contribution in [0.1, 0.15) is 35.3 Å². The topological polar surface area (TPSA) is 68.9 Å². The number of amides is 1. The minimum Gasteiger partial charge on any atom is -0.324 e. The molecule has 0 spiro atoms. The lowest BCUT2D eigenvalue weighted by Crippen LogP contribution is -2.33. The fourth-order valence-corrected chi connectivity index (χ4v) is 3.43. The summed E-state index contributed by atoms with van der Waals surface area (Å²) in [4.78, 5) is 25.5. The highest BCUT2D eigenvalue weighted by Crippen LogP contribution is 2.35. The fourth-order valence-electron chi connectivity index (χ4n) is 3.43. The summed E-state index contributed by atoms with van der Waals surface area (Å²) in [5, 5.41) is 6.62. The van der Waals surface area contributed by atoms with Crippen LogP contribution in [-0.4, -0.2) is 20.3 Å². The van der Waals surface area contributed by atoms with Gasteiger partial charge in [0.1, 0.15) is 11.7 Å². The molecule has 9 heteroatoms. The van der Waals surface area contributed by atoms with Crippen LogP contribution in [0.15, 0.2) is 29.1 Å². The maximum atomic E-state index is 13.5. The standard InChI is InChI=1S/C20H21F3N4O2/c1-10-6-7-11(2)15(8-10)24-18(29)13(4)27-16(28)9-14(20(21,22)23)17-12(3)25-26(5)19(17)27/h6-9,13H,1-5H3,(H,24,29). The van der Waals surface area contributed by atoms with Crippen LogP contribution in [0.2, 0.25) is 0 Å². The molecule has 154 valence electrons. The Kier molecular flexibility index (Phi) is 5.02. The zero-order valence-electron chi connectivity index (χ0n) is 16.7. The van der Waals surface area contributed by atoms with E-state index >= 15 is 0 Å². The predicted molar refractivity (Wildman–Crippen MR) is 104 cm³/mol. The van der Waals surface area contributed by atoms with Crippen molar-refractivity contribution in [2.45, 2.75) is 39.9 Å². The van der Waals surface area contributed by atoms with Crippen LogP contribution in [-0.2, 0) is 18.0 Å². The molecule has 0 aliphatic carbocycles. The minimum atomic E-state index is -4.71. The number of rotatable bonds is 3. The van der Waals surface area contributed by atoms with Crippen LogP contribution >= 0.6 is 0 Å². The number of carbonyl (C=O) groups is 1. The molecule has 0 radical (unpaired) electrons. The molecule has 0 saturated heterocycles. The minimum absolute atomic E-state index is 0.0501. The molecular formula is C20H21F3N4O2. The third-order valence-electron chi connectivity index (χ3n) is 4.92. The van der Waals surface area contributed by atoms with Gasteiger partial charge in [0.05, 0.1) is 16.6 Å². The van der Waals surface area contributed by atoms with E-state index < -0.39 is 29.2 Å². The molecule has 0 aliphatic heterocycles. The monoisotopic (exact) mass is 406 g/mol. The number of alkyl halides is 3. The van der Waals surface area contributed by atoms with Gasteiger partial charge in [-0.3, -0.25) is 18.8 Å². The molecular weight excluding hydrogens is 385 g/mol. The average Bonchev–Trinajstić information content (AvgIpc) is 2.90. The molecule has 1 unspecified atom stereocenters. The molecule has 1 atom stereocenters. The predicted octanol–water partition coefficient (Wildman–Crippen LogP) is 3.88. The summed E-state index contributed by atoms with van der Waals surface area (Å²) in [6.45, 7) is 6.61. The number of benzene rings is 1. The first-order chi connectivity index (χ1) is 13.4. The van der Waals surface area contributed by atoms with Crippen LogP contribution in [0.3, 0.4) is 0 Å². The maximum absolute atomic E-state index is 13.5. The Morgan fingerprint density at radius 3 is 2.45 bits per heavy atom. The number of halogens is 3. The van der Waals surface area contributed by atoms with E-state index in [9.17, 15) is 22.8 Å². The molecule has 0 bridgehead atoms. The SMILES string of the molecule is Cc1ccc(C)c(NC(=O)C(C)n2c(=O)cc(C(F)(F)F)c3c(C)nn(C)c32)c1. The second kappa shape index (κ2) is 7.06. The first-order valence-corrected chi connectivity index (χ1v) is 8.96. The zero-order valence-corrected chi connectivity index (χ0v) is 16.7. The summed E-state index contributed by atoms with van der Waals surface area (Å²) >= 11 is 0. The van der Waals surface area contributed by atoms with Crippen LogP contribution in [0.25, 0.3) is 11.0 Å². The first-order valence-electron chi connectivity index (χ1n) is 8.96. The molecule has 3 rings (SSSR count). The number of fused-ring (bicyclic) bond motifs is 1. The van der Waals surface area contributed by atoms with Gasteiger partial charge in [-0.05, 0) is 44.9 Å². The van der Waals surface area contributed by atoms with E-state index in [0.29, 0.717) is 11.8 Å². The van der Waals surface area contributed by atoms with Gasteiger partial charge in [0.2, 0.25) is 5.91 Å². The van der Waals surface area contributed by atoms with E-state index in [-0.39, 0.29) is 16.7 Å². The number of aryl methyl sites for hydroxylation is 4. The summed E-state index contributed by atoms with van der Waals surface area (Å²) in [6.07, 6.45) is -4.71. The van der Waals surface area contributed by atoms with Gasteiger partial charge in [0.15, 0.2) is 0 Å². The van der Waals surface area contributed by atoms with Crippen molar-refractivity contribution < 1.29 is 18.0 Å². The molecule has 29 heavy (non-hydrogen) atoms. The van der Waals surface area contributed by atoms with E-state index in [1.165, 1.54) is 25.6 Å². The number of nitrogens with zero attached hydrogens (tertiary/aromatic N) is 3. The second-order valence-corrected chi connectivity index (χ2v) is 7.16. The number of pyridine rings is 1. The number of nitrogens with one attached hydrogen (secondary N) is 1. The highest BCUT2D eigenvalue weighted by Gasteiger charge is 2.37. The van der Waals surface area contributed by atoms with Gasteiger partial charge in [-0.2, -0.15) is 18.3 Å². The smallest absolute Gasteiger partial charge is 0.324 e. The molecule has 1 amide bonds. The van der Waals surface area contributed by atoms with E-state index in [0.717, 1.165) is 15.7 Å². The summed E-state index contributed by atoms with van der Waals surface area (Å²) in [6, 6.07) is 5.01. The zero-order chi connectivity index (χ0) is 21.7. The number of hydrogen-bond donors (Lipinski definition) is 1. The molecule has 0 fully saturated rings. The first kappa shape index (κ1) is 20.6. The highest BCUT2D eigenvalue weighted by atomic mass is 19.4. The van der Waals surface area contributed by atoms with Crippen molar-refractivity contribution in [3.8, 4) is 0 Å². The van der Waals surface area contributed by atoms with Crippen LogP contribution in [0.5, 0.6) is 0 Å². The molecule has 2 heterocycles. The molecule has 1 N–H and O–H groups in total. The Morgan fingerprint density at radius 1 is 1.17 bits per heavy atom. The van der Waals surface area contributed by atoms with Crippen molar-refractivity contribution in [2.75, 3.05) is 5.32 Å². The molecule has 0 saturated carbocycles. The normalized spacial score (nSPS) is 13.0. The van der Waals surface area contributed by atoms with Crippen molar-refractivity contribution in [1.29, 1.82) is 0 Å². The quantitative estimate of drug-likeness (QED) is 0.718. The number of hydrogen-bond acceptors (Lipinski definition) is 3. The highest BCUT2D eigenvalue weighted by molar-refractivity contribution is 5.95. The van der Waals surface area contributed by atoms with Crippen molar-refractivity contribution in [3.05, 3.63) is 57.0 Å². The van der Waals surface area contributed by atoms with Crippen molar-refractivity contribution in [3.63, 3.8) is 0 Å². The lowest BCUT2D eigenvalue weighted by Gasteiger charge is -2.19. The van der Waals surface area contributed by atoms with Gasteiger partial charge >= 0.3 is 6.18 Å². The van der Waals surface area contributed by atoms with E-state index in [4.69, 9.17) is 0 Å². The lowest BCUT2D eigenvalue weighted by atomic mass is 10.1. The summed E-state index contributed by atoms with van der Waals surface area (Å²) in [7, 11) is 1.45. The molecule has 3 aromatic rings. The van der Waals surface area contributed by atoms with E-state index in [2.05, 4.69) is 10.4 Å². The van der Waals surface area contributed by atoms with Crippen molar-refractivity contribution in [2.24, 2.45) is 7.05 Å². The fraction of sp³-hybridized carbons (Fsp3) is 0.350. The van der Waals surface area contributed by atoms with Gasteiger partial charge in [0.25, 0.3) is 5.56 Å². The van der Waals surface area contributed by atoms with E-state index in [1.807, 2.05) is 26.0 Å². The Labute approximate surface area is 164 Å². The van der Waals surface area contributed by atoms with Crippen LogP contribution in [0, 0.1) is 20.8 Å². The maximum Gasteiger partial charge on any atom is 0.417 e. The number of anilines is 1. The van der Waals surface area contributed by atoms with E-state index in [1.54, 1.807) is 6.07 Å². The third kappa shape index (κ3) is 3.64. The third-order valence-corrected chi connectivity index (χ3v) is 4.92. The van der Waals surface area contributed by atoms with Crippen LogP contribution in [0.4, 0.5) is 18.9 Å². The number of aromatic nitrogens is 3. The Hall–Kier alpha value is -3.10. The van der Waals surface area contributed by atoms with Gasteiger partial charge in [-0.1, -0.05) is 12.1 Å². The van der Waals surface area contributed by atoms with Gasteiger partial charge in [0, 0.05) is 18.8 Å². The summed E-state index contributed by atoms with van der Waals surface area (Å²) < 4.78 is 42.7. The molecule has 2 aromatic heterocycles. The summed E-state index contributed by atoms with van der Waals surface area (Å²) in [5.41, 5.74) is 0.459. The van der Waals surface area contributed by atoms with Gasteiger partial charge in [-0.15, -0.1) is 0 Å². The molecule has 0 aliphatic rings. The Balaban J connectivity index is 2.14. The second-order valence-electron chi connectivity index (χ2n) is 7.16. The number of carbonyl (C=O) groups excluding carboxylic acids is 1. The average molecular weight is 406 g/mol. The molecule has 6 nitrogen and oxygen atoms in total. The van der Waals surface area contributed by atoms with Crippen LogP contribution < -0.4 is 10.9 Å². The Bertz CT molecular complexity index is 1180.